The fourth-order valence-corrected chi connectivity index (χ4v) is 4.19. The normalized spacial score (nSPS) is 15.8. The van der Waals surface area contributed by atoms with Crippen LogP contribution in [-0.2, 0) is 10.0 Å². The van der Waals surface area contributed by atoms with Gasteiger partial charge >= 0.3 is 0 Å². The standard InChI is InChI=1S/C14H17N5O3S/c15-14(16)18-13-11-7-9(3-4-10(11)12(20)8-17-13)23(21,22)19-5-1-2-6-19/h3-4,7-8,20H,1-2,5-6H2,(H4,15,16,17,18). The molecule has 9 heteroatoms. The van der Waals surface area contributed by atoms with Crippen LogP contribution >= 0.6 is 0 Å². The Morgan fingerprint density at radius 2 is 1.91 bits per heavy atom. The van der Waals surface area contributed by atoms with Gasteiger partial charge in [-0.3, -0.25) is 0 Å². The fourth-order valence-electron chi connectivity index (χ4n) is 2.64. The van der Waals surface area contributed by atoms with Crippen LogP contribution in [0.3, 0.4) is 0 Å². The highest BCUT2D eigenvalue weighted by Gasteiger charge is 2.27. The largest absolute Gasteiger partial charge is 0.506 e. The van der Waals surface area contributed by atoms with Crippen LogP contribution in [0.4, 0.5) is 5.82 Å². The predicted octanol–water partition coefficient (Wildman–Crippen LogP) is 0.630. The number of fused-ring (bicyclic) bond motifs is 1. The summed E-state index contributed by atoms with van der Waals surface area (Å²) < 4.78 is 26.8. The molecule has 122 valence electrons. The summed E-state index contributed by atoms with van der Waals surface area (Å²) in [5.74, 6) is -0.103. The van der Waals surface area contributed by atoms with Gasteiger partial charge in [-0.15, -0.1) is 0 Å². The summed E-state index contributed by atoms with van der Waals surface area (Å²) in [5, 5.41) is 10.7. The first kappa shape index (κ1) is 15.5. The molecule has 8 nitrogen and oxygen atoms in total. The molecule has 0 saturated carbocycles. The lowest BCUT2D eigenvalue weighted by atomic mass is 10.1. The van der Waals surface area contributed by atoms with Crippen molar-refractivity contribution in [3.8, 4) is 5.75 Å². The number of aliphatic imine (C=N–C) groups is 1. The number of rotatable bonds is 3. The number of nitrogens with two attached hydrogens (primary N) is 2. The third-order valence-corrected chi connectivity index (χ3v) is 5.65. The Morgan fingerprint density at radius 1 is 1.22 bits per heavy atom. The van der Waals surface area contributed by atoms with Gasteiger partial charge in [0.1, 0.15) is 5.75 Å². The Morgan fingerprint density at radius 3 is 2.57 bits per heavy atom. The van der Waals surface area contributed by atoms with Gasteiger partial charge in [0.05, 0.1) is 11.1 Å². The second-order valence-corrected chi connectivity index (χ2v) is 7.26. The summed E-state index contributed by atoms with van der Waals surface area (Å²) >= 11 is 0. The molecule has 1 saturated heterocycles. The van der Waals surface area contributed by atoms with Crippen LogP contribution in [0.15, 0.2) is 34.3 Å². The maximum absolute atomic E-state index is 12.7. The quantitative estimate of drug-likeness (QED) is 0.556. The summed E-state index contributed by atoms with van der Waals surface area (Å²) in [5.41, 5.74) is 10.8. The van der Waals surface area contributed by atoms with Gasteiger partial charge in [-0.1, -0.05) is 0 Å². The van der Waals surface area contributed by atoms with E-state index in [1.54, 1.807) is 0 Å². The molecule has 3 rings (SSSR count). The van der Waals surface area contributed by atoms with Gasteiger partial charge in [0.15, 0.2) is 11.8 Å². The first-order valence-electron chi connectivity index (χ1n) is 7.11. The van der Waals surface area contributed by atoms with Crippen LogP contribution in [0.5, 0.6) is 5.75 Å². The van der Waals surface area contributed by atoms with Gasteiger partial charge in [-0.2, -0.15) is 9.30 Å². The Kier molecular flexibility index (Phi) is 3.82. The molecule has 0 atom stereocenters. The van der Waals surface area contributed by atoms with E-state index in [0.29, 0.717) is 23.9 Å². The van der Waals surface area contributed by atoms with Crippen LogP contribution < -0.4 is 11.5 Å². The van der Waals surface area contributed by atoms with E-state index in [1.807, 2.05) is 0 Å². The number of aromatic nitrogens is 1. The minimum absolute atomic E-state index is 0.0698. The van der Waals surface area contributed by atoms with Crippen LogP contribution in [0, 0.1) is 0 Å². The molecule has 1 aliphatic heterocycles. The zero-order valence-electron chi connectivity index (χ0n) is 12.3. The smallest absolute Gasteiger partial charge is 0.243 e. The molecule has 1 fully saturated rings. The van der Waals surface area contributed by atoms with Crippen LogP contribution in [-0.4, -0.2) is 41.9 Å². The van der Waals surface area contributed by atoms with Crippen molar-refractivity contribution < 1.29 is 13.5 Å². The second kappa shape index (κ2) is 5.67. The Labute approximate surface area is 133 Å². The molecule has 0 amide bonds. The third kappa shape index (κ3) is 2.80. The monoisotopic (exact) mass is 335 g/mol. The zero-order chi connectivity index (χ0) is 16.6. The number of guanidine groups is 1. The predicted molar refractivity (Wildman–Crippen MR) is 86.9 cm³/mol. The minimum atomic E-state index is -3.58. The topological polar surface area (TPSA) is 135 Å². The number of hydrogen-bond donors (Lipinski definition) is 3. The summed E-state index contributed by atoms with van der Waals surface area (Å²) in [6.45, 7) is 1.03. The van der Waals surface area contributed by atoms with E-state index in [0.717, 1.165) is 12.8 Å². The molecular formula is C14H17N5O3S. The van der Waals surface area contributed by atoms with Crippen molar-refractivity contribution in [1.82, 2.24) is 9.29 Å². The van der Waals surface area contributed by atoms with Gasteiger partial charge in [-0.05, 0) is 31.0 Å². The first-order valence-corrected chi connectivity index (χ1v) is 8.55. The second-order valence-electron chi connectivity index (χ2n) is 5.32. The van der Waals surface area contributed by atoms with Gasteiger partial charge in [0, 0.05) is 23.9 Å². The molecule has 23 heavy (non-hydrogen) atoms. The van der Waals surface area contributed by atoms with E-state index in [-0.39, 0.29) is 22.4 Å². The molecule has 0 unspecified atom stereocenters. The molecule has 1 aliphatic rings. The van der Waals surface area contributed by atoms with Crippen molar-refractivity contribution in [2.24, 2.45) is 16.5 Å². The number of pyridine rings is 1. The SMILES string of the molecule is NC(N)=Nc1ncc(O)c2ccc(S(=O)(=O)N3CCCC3)cc12. The Balaban J connectivity index is 2.19. The van der Waals surface area contributed by atoms with Crippen molar-refractivity contribution in [3.05, 3.63) is 24.4 Å². The minimum Gasteiger partial charge on any atom is -0.506 e. The van der Waals surface area contributed by atoms with Gasteiger partial charge in [-0.25, -0.2) is 13.4 Å². The molecule has 2 heterocycles. The lowest BCUT2D eigenvalue weighted by Gasteiger charge is -2.16. The number of benzene rings is 1. The van der Waals surface area contributed by atoms with Gasteiger partial charge < -0.3 is 16.6 Å². The van der Waals surface area contributed by atoms with Crippen molar-refractivity contribution >= 4 is 32.6 Å². The maximum Gasteiger partial charge on any atom is 0.243 e. The van der Waals surface area contributed by atoms with Crippen molar-refractivity contribution in [2.75, 3.05) is 13.1 Å². The van der Waals surface area contributed by atoms with Crippen molar-refractivity contribution in [1.29, 1.82) is 0 Å². The highest BCUT2D eigenvalue weighted by molar-refractivity contribution is 7.89. The first-order chi connectivity index (χ1) is 10.9. The van der Waals surface area contributed by atoms with Gasteiger partial charge in [0.25, 0.3) is 0 Å². The van der Waals surface area contributed by atoms with Gasteiger partial charge in [0.2, 0.25) is 10.0 Å². The average molecular weight is 335 g/mol. The fraction of sp³-hybridized carbons (Fsp3) is 0.286. The van der Waals surface area contributed by atoms with E-state index >= 15 is 0 Å². The van der Waals surface area contributed by atoms with Crippen LogP contribution in [0.2, 0.25) is 0 Å². The number of hydrogen-bond acceptors (Lipinski definition) is 5. The molecule has 0 spiro atoms. The molecule has 0 radical (unpaired) electrons. The third-order valence-electron chi connectivity index (χ3n) is 3.75. The summed E-state index contributed by atoms with van der Waals surface area (Å²) in [7, 11) is -3.58. The summed E-state index contributed by atoms with van der Waals surface area (Å²) in [6, 6.07) is 4.44. The highest BCUT2D eigenvalue weighted by Crippen LogP contribution is 2.33. The summed E-state index contributed by atoms with van der Waals surface area (Å²) in [6.07, 6.45) is 2.93. The number of nitrogens with zero attached hydrogens (tertiary/aromatic N) is 3. The highest BCUT2D eigenvalue weighted by atomic mass is 32.2. The Bertz CT molecular complexity index is 885. The molecule has 2 aromatic rings. The molecule has 1 aromatic heterocycles. The molecule has 0 bridgehead atoms. The van der Waals surface area contributed by atoms with Crippen molar-refractivity contribution in [3.63, 3.8) is 0 Å². The van der Waals surface area contributed by atoms with E-state index < -0.39 is 10.0 Å². The summed E-state index contributed by atoms with van der Waals surface area (Å²) in [4.78, 5) is 7.98. The average Bonchev–Trinajstić information content (AvgIpc) is 3.04. The van der Waals surface area contributed by atoms with E-state index in [4.69, 9.17) is 11.5 Å². The molecule has 1 aromatic carbocycles. The maximum atomic E-state index is 12.7. The number of sulfonamides is 1. The Hall–Kier alpha value is -2.39. The van der Waals surface area contributed by atoms with Crippen LogP contribution in [0.25, 0.3) is 10.8 Å². The molecule has 0 aliphatic carbocycles. The van der Waals surface area contributed by atoms with Crippen LogP contribution in [0.1, 0.15) is 12.8 Å². The van der Waals surface area contributed by atoms with E-state index in [1.165, 1.54) is 28.7 Å². The lowest BCUT2D eigenvalue weighted by molar-refractivity contribution is 0.476. The van der Waals surface area contributed by atoms with E-state index in [2.05, 4.69) is 9.98 Å². The molecule has 5 N–H and O–H groups in total. The number of aromatic hydroxyl groups is 1. The lowest BCUT2D eigenvalue weighted by Crippen LogP contribution is -2.27. The van der Waals surface area contributed by atoms with E-state index in [9.17, 15) is 13.5 Å². The van der Waals surface area contributed by atoms with Crippen molar-refractivity contribution in [2.45, 2.75) is 17.7 Å². The molecular weight excluding hydrogens is 318 g/mol. The zero-order valence-corrected chi connectivity index (χ0v) is 13.1.